The lowest BCUT2D eigenvalue weighted by Gasteiger charge is -2.29. The second-order valence-corrected chi connectivity index (χ2v) is 22.8. The van der Waals surface area contributed by atoms with Gasteiger partial charge in [-0.25, -0.2) is 0 Å². The van der Waals surface area contributed by atoms with Gasteiger partial charge in [-0.05, 0) is 229 Å². The first kappa shape index (κ1) is 52.8. The van der Waals surface area contributed by atoms with E-state index in [1.165, 1.54) is 88.2 Å². The maximum absolute atomic E-state index is 11.0. The Hall–Kier alpha value is -6.08. The molecule has 74 heavy (non-hydrogen) atoms. The highest BCUT2D eigenvalue weighted by atomic mass is 16.5. The van der Waals surface area contributed by atoms with E-state index in [0.717, 1.165) is 118 Å². The standard InChI is InChI=1S/C34H42O4.C33H40O3/c1-21-16-31(36)28(23-10-6-4-7-11-23)19-26(21)34(25-14-15-30(35)33(18-25)38-3)27-20-29(32(37)17-22(27)2)24-12-8-5-9-13-24;1-21-17-31(35)29(23-9-5-3-6-10-23)19-27(21)33(25-13-15-26(34)16-14-25)28-20-30(32(36)18-22(28)2)24-11-7-4-8-12-24/h14-20,23-24,34-37H,4-13H2,1-3H3;13-20,23-24,33-36H,3-12H2,1-2H3. The summed E-state index contributed by atoms with van der Waals surface area (Å²) in [5.41, 5.74) is 15.3. The molecule has 0 aliphatic heterocycles. The maximum atomic E-state index is 11.0. The molecule has 0 bridgehead atoms. The Labute approximate surface area is 441 Å². The number of rotatable bonds is 11. The van der Waals surface area contributed by atoms with E-state index in [-0.39, 0.29) is 23.3 Å². The van der Waals surface area contributed by atoms with E-state index in [9.17, 15) is 30.6 Å². The van der Waals surface area contributed by atoms with Crippen LogP contribution in [0.15, 0.2) is 91.0 Å². The molecule has 4 aliphatic rings. The largest absolute Gasteiger partial charge is 0.508 e. The minimum Gasteiger partial charge on any atom is -0.508 e. The van der Waals surface area contributed by atoms with Crippen molar-refractivity contribution >= 4 is 0 Å². The monoisotopic (exact) mass is 999 g/mol. The van der Waals surface area contributed by atoms with Crippen molar-refractivity contribution in [3.05, 3.63) is 169 Å². The highest BCUT2D eigenvalue weighted by molar-refractivity contribution is 5.59. The molecule has 0 saturated heterocycles. The van der Waals surface area contributed by atoms with Crippen molar-refractivity contribution in [2.24, 2.45) is 0 Å². The third-order valence-electron chi connectivity index (χ3n) is 17.8. The molecule has 4 saturated carbocycles. The molecule has 7 heteroatoms. The smallest absolute Gasteiger partial charge is 0.160 e. The Morgan fingerprint density at radius 1 is 0.338 bits per heavy atom. The van der Waals surface area contributed by atoms with Crippen LogP contribution in [0.2, 0.25) is 0 Å². The zero-order chi connectivity index (χ0) is 52.0. The van der Waals surface area contributed by atoms with Gasteiger partial charge in [-0.2, -0.15) is 0 Å². The molecule has 0 heterocycles. The molecule has 0 atom stereocenters. The maximum Gasteiger partial charge on any atom is 0.160 e. The summed E-state index contributed by atoms with van der Waals surface area (Å²) in [5, 5.41) is 64.4. The van der Waals surface area contributed by atoms with E-state index in [2.05, 4.69) is 52.0 Å². The Bertz CT molecular complexity index is 2730. The third kappa shape index (κ3) is 11.6. The Morgan fingerprint density at radius 3 is 0.919 bits per heavy atom. The molecule has 4 aliphatic carbocycles. The van der Waals surface area contributed by atoms with Gasteiger partial charge in [0.05, 0.1) is 7.11 Å². The number of hydrogen-bond donors (Lipinski definition) is 6. The van der Waals surface area contributed by atoms with E-state index in [1.54, 1.807) is 25.3 Å². The number of hydrogen-bond acceptors (Lipinski definition) is 7. The molecular formula is C67H82O7. The number of aromatic hydroxyl groups is 6. The third-order valence-corrected chi connectivity index (χ3v) is 17.8. The SMILES string of the molecule is COc1cc(C(c2cc(C3CCCCC3)c(O)cc2C)c2cc(C3CCCCC3)c(O)cc2C)ccc1O.Cc1cc(O)c(C2CCCCC2)cc1C(c1ccc(O)cc1)c1cc(C2CCCCC2)c(O)cc1C. The second kappa shape index (κ2) is 23.6. The molecule has 0 unspecified atom stereocenters. The Balaban J connectivity index is 0.000000182. The van der Waals surface area contributed by atoms with Crippen LogP contribution in [0.3, 0.4) is 0 Å². The van der Waals surface area contributed by atoms with Gasteiger partial charge in [0.25, 0.3) is 0 Å². The fraction of sp³-hybridized carbons (Fsp3) is 0.463. The molecule has 6 aromatic rings. The van der Waals surface area contributed by atoms with E-state index in [4.69, 9.17) is 4.74 Å². The molecule has 0 amide bonds. The van der Waals surface area contributed by atoms with Gasteiger partial charge < -0.3 is 35.4 Å². The predicted molar refractivity (Wildman–Crippen MR) is 299 cm³/mol. The molecule has 392 valence electrons. The van der Waals surface area contributed by atoms with Gasteiger partial charge in [0.15, 0.2) is 11.5 Å². The fourth-order valence-electron chi connectivity index (χ4n) is 13.7. The topological polar surface area (TPSA) is 131 Å². The van der Waals surface area contributed by atoms with Crippen molar-refractivity contribution in [2.45, 2.75) is 192 Å². The Morgan fingerprint density at radius 2 is 0.622 bits per heavy atom. The van der Waals surface area contributed by atoms with Crippen LogP contribution in [-0.4, -0.2) is 37.7 Å². The van der Waals surface area contributed by atoms with Gasteiger partial charge in [-0.15, -0.1) is 0 Å². The molecule has 0 aromatic heterocycles. The van der Waals surface area contributed by atoms with E-state index in [1.807, 2.05) is 48.5 Å². The lowest BCUT2D eigenvalue weighted by molar-refractivity contribution is 0.373. The molecule has 10 rings (SSSR count). The van der Waals surface area contributed by atoms with E-state index >= 15 is 0 Å². The van der Waals surface area contributed by atoms with Crippen molar-refractivity contribution in [1.29, 1.82) is 0 Å². The van der Waals surface area contributed by atoms with Gasteiger partial charge in [0.2, 0.25) is 0 Å². The number of phenols is 6. The molecule has 7 nitrogen and oxygen atoms in total. The van der Waals surface area contributed by atoms with Crippen LogP contribution in [0.25, 0.3) is 0 Å². The van der Waals surface area contributed by atoms with Crippen LogP contribution in [0.4, 0.5) is 0 Å². The van der Waals surface area contributed by atoms with Crippen LogP contribution < -0.4 is 4.74 Å². The summed E-state index contributed by atoms with van der Waals surface area (Å²) < 4.78 is 5.51. The summed E-state index contributed by atoms with van der Waals surface area (Å²) in [6, 6.07) is 29.9. The molecule has 0 radical (unpaired) electrons. The Kier molecular flexibility index (Phi) is 16.9. The average molecular weight is 999 g/mol. The quantitative estimate of drug-likeness (QED) is 0.0713. The zero-order valence-corrected chi connectivity index (χ0v) is 44.9. The van der Waals surface area contributed by atoms with Crippen molar-refractivity contribution in [2.75, 3.05) is 7.11 Å². The zero-order valence-electron chi connectivity index (χ0n) is 44.9. The van der Waals surface area contributed by atoms with Crippen LogP contribution in [0.1, 0.15) is 242 Å². The minimum atomic E-state index is -0.129. The lowest BCUT2D eigenvalue weighted by atomic mass is 9.76. The number of phenolic OH excluding ortho intramolecular Hbond substituents is 6. The summed E-state index contributed by atoms with van der Waals surface area (Å²) >= 11 is 0. The average Bonchev–Trinajstić information content (AvgIpc) is 3.41. The van der Waals surface area contributed by atoms with Crippen LogP contribution in [0, 0.1) is 27.7 Å². The van der Waals surface area contributed by atoms with Gasteiger partial charge in [0, 0.05) is 11.8 Å². The highest BCUT2D eigenvalue weighted by Crippen LogP contribution is 2.49. The molecule has 0 spiro atoms. The molecule has 4 fully saturated rings. The summed E-state index contributed by atoms with van der Waals surface area (Å²) in [4.78, 5) is 0. The number of ether oxygens (including phenoxy) is 1. The minimum absolute atomic E-state index is 0.0449. The van der Waals surface area contributed by atoms with Crippen molar-refractivity contribution in [1.82, 2.24) is 0 Å². The summed E-state index contributed by atoms with van der Waals surface area (Å²) in [6.45, 7) is 8.32. The summed E-state index contributed by atoms with van der Waals surface area (Å²) in [5.74, 6) is 3.81. The second-order valence-electron chi connectivity index (χ2n) is 22.8. The molecular weight excluding hydrogens is 917 g/mol. The predicted octanol–water partition coefficient (Wildman–Crippen LogP) is 17.4. The van der Waals surface area contributed by atoms with Gasteiger partial charge in [-0.3, -0.25) is 0 Å². The van der Waals surface area contributed by atoms with E-state index < -0.39 is 0 Å². The number of aryl methyl sites for hydroxylation is 4. The summed E-state index contributed by atoms with van der Waals surface area (Å²) in [7, 11) is 1.58. The first-order chi connectivity index (χ1) is 35.8. The van der Waals surface area contributed by atoms with E-state index in [0.29, 0.717) is 52.4 Å². The van der Waals surface area contributed by atoms with Crippen molar-refractivity contribution < 1.29 is 35.4 Å². The highest BCUT2D eigenvalue weighted by Gasteiger charge is 2.31. The fourth-order valence-corrected chi connectivity index (χ4v) is 13.7. The van der Waals surface area contributed by atoms with Crippen LogP contribution >= 0.6 is 0 Å². The normalized spacial score (nSPS) is 17.3. The van der Waals surface area contributed by atoms with Gasteiger partial charge in [0.1, 0.15) is 28.7 Å². The molecule has 6 aromatic carbocycles. The lowest BCUT2D eigenvalue weighted by Crippen LogP contribution is -2.12. The van der Waals surface area contributed by atoms with Gasteiger partial charge in [-0.1, -0.05) is 120 Å². The van der Waals surface area contributed by atoms with Crippen LogP contribution in [-0.2, 0) is 0 Å². The first-order valence-corrected chi connectivity index (χ1v) is 28.3. The van der Waals surface area contributed by atoms with Crippen LogP contribution in [0.5, 0.6) is 40.2 Å². The summed E-state index contributed by atoms with van der Waals surface area (Å²) in [6.07, 6.45) is 23.7. The van der Waals surface area contributed by atoms with Crippen molar-refractivity contribution in [3.63, 3.8) is 0 Å². The van der Waals surface area contributed by atoms with Gasteiger partial charge >= 0.3 is 0 Å². The number of benzene rings is 6. The number of methoxy groups -OCH3 is 1. The molecule has 6 N–H and O–H groups in total. The van der Waals surface area contributed by atoms with Crippen molar-refractivity contribution in [3.8, 4) is 40.2 Å². The first-order valence-electron chi connectivity index (χ1n) is 28.3.